The number of rotatable bonds is 2. The number of benzene rings is 1. The van der Waals surface area contributed by atoms with Gasteiger partial charge in [-0.15, -0.1) is 0 Å². The number of amides is 1. The quantitative estimate of drug-likeness (QED) is 0.888. The largest absolute Gasteiger partial charge is 0.318 e. The zero-order valence-corrected chi connectivity index (χ0v) is 9.45. The summed E-state index contributed by atoms with van der Waals surface area (Å²) in [6, 6.07) is 4.37. The molecule has 18 heavy (non-hydrogen) atoms. The number of hydrogen-bond acceptors (Lipinski definition) is 3. The van der Waals surface area contributed by atoms with Gasteiger partial charge in [0.05, 0.1) is 5.69 Å². The van der Waals surface area contributed by atoms with Gasteiger partial charge < -0.3 is 5.32 Å². The fourth-order valence-electron chi connectivity index (χ4n) is 1.36. The third-order valence-electron chi connectivity index (χ3n) is 2.22. The molecule has 6 heteroatoms. The number of carbonyl (C=O) groups is 1. The molecule has 92 valence electrons. The lowest BCUT2D eigenvalue weighted by atomic mass is 10.2. The van der Waals surface area contributed by atoms with Crippen LogP contribution >= 0.6 is 0 Å². The first-order valence-corrected chi connectivity index (χ1v) is 5.11. The number of aromatic nitrogens is 2. The van der Waals surface area contributed by atoms with Crippen molar-refractivity contribution >= 4 is 11.6 Å². The minimum Gasteiger partial charge on any atom is -0.318 e. The summed E-state index contributed by atoms with van der Waals surface area (Å²) in [5.41, 5.74) is 0.638. The molecule has 1 heterocycles. The summed E-state index contributed by atoms with van der Waals surface area (Å²) in [5, 5.41) is 2.31. The molecule has 1 amide bonds. The third kappa shape index (κ3) is 2.65. The molecule has 0 atom stereocenters. The van der Waals surface area contributed by atoms with E-state index in [2.05, 4.69) is 15.3 Å². The van der Waals surface area contributed by atoms with E-state index in [9.17, 15) is 13.6 Å². The molecule has 1 N–H and O–H groups in total. The van der Waals surface area contributed by atoms with E-state index in [1.807, 2.05) is 0 Å². The minimum atomic E-state index is -0.839. The predicted octanol–water partition coefficient (Wildman–Crippen LogP) is 2.32. The zero-order valence-electron chi connectivity index (χ0n) is 9.45. The highest BCUT2D eigenvalue weighted by Gasteiger charge is 2.11. The van der Waals surface area contributed by atoms with Gasteiger partial charge >= 0.3 is 0 Å². The average molecular weight is 249 g/mol. The van der Waals surface area contributed by atoms with Gasteiger partial charge in [0.2, 0.25) is 0 Å². The molecule has 0 saturated heterocycles. The molecule has 0 spiro atoms. The van der Waals surface area contributed by atoms with Crippen LogP contribution in [0.2, 0.25) is 0 Å². The Morgan fingerprint density at radius 1 is 1.22 bits per heavy atom. The number of carbonyl (C=O) groups excluding carboxylic acids is 1. The van der Waals surface area contributed by atoms with Crippen molar-refractivity contribution in [2.45, 2.75) is 6.92 Å². The fraction of sp³-hybridized carbons (Fsp3) is 0.0833. The third-order valence-corrected chi connectivity index (χ3v) is 2.22. The van der Waals surface area contributed by atoms with Crippen molar-refractivity contribution < 1.29 is 13.6 Å². The lowest BCUT2D eigenvalue weighted by molar-refractivity contribution is 0.102. The summed E-state index contributed by atoms with van der Waals surface area (Å²) in [6.07, 6.45) is 1.24. The van der Waals surface area contributed by atoms with E-state index in [-0.39, 0.29) is 11.4 Å². The Hall–Kier alpha value is -2.37. The van der Waals surface area contributed by atoms with Gasteiger partial charge in [0.25, 0.3) is 5.91 Å². The number of nitrogens with one attached hydrogen (secondary N) is 1. The van der Waals surface area contributed by atoms with E-state index >= 15 is 0 Å². The molecule has 0 saturated carbocycles. The second kappa shape index (κ2) is 4.87. The molecule has 1 aromatic heterocycles. The molecular weight excluding hydrogens is 240 g/mol. The van der Waals surface area contributed by atoms with Crippen LogP contribution in [0.1, 0.15) is 16.2 Å². The molecule has 0 fully saturated rings. The maximum Gasteiger partial charge on any atom is 0.274 e. The summed E-state index contributed by atoms with van der Waals surface area (Å²) in [5.74, 6) is -2.12. The average Bonchev–Trinajstić information content (AvgIpc) is 2.32. The summed E-state index contributed by atoms with van der Waals surface area (Å²) < 4.78 is 26.0. The Balaban J connectivity index is 2.21. The van der Waals surface area contributed by atoms with Crippen LogP contribution in [-0.4, -0.2) is 15.9 Å². The van der Waals surface area contributed by atoms with Gasteiger partial charge in [0.1, 0.15) is 23.7 Å². The van der Waals surface area contributed by atoms with Crippen molar-refractivity contribution in [1.29, 1.82) is 0 Å². The van der Waals surface area contributed by atoms with Crippen molar-refractivity contribution in [2.75, 3.05) is 5.32 Å². The van der Waals surface area contributed by atoms with Crippen molar-refractivity contribution in [1.82, 2.24) is 9.97 Å². The van der Waals surface area contributed by atoms with Crippen LogP contribution in [0.25, 0.3) is 0 Å². The van der Waals surface area contributed by atoms with Crippen molar-refractivity contribution in [3.8, 4) is 0 Å². The predicted molar refractivity (Wildman–Crippen MR) is 61.1 cm³/mol. The van der Waals surface area contributed by atoms with Gasteiger partial charge in [0.15, 0.2) is 0 Å². The molecule has 2 rings (SSSR count). The second-order valence-electron chi connectivity index (χ2n) is 3.62. The second-order valence-corrected chi connectivity index (χ2v) is 3.62. The SMILES string of the molecule is Cc1cc(C(=O)Nc2ccc(F)cc2F)ncn1. The highest BCUT2D eigenvalue weighted by atomic mass is 19.1. The lowest BCUT2D eigenvalue weighted by Crippen LogP contribution is -2.15. The van der Waals surface area contributed by atoms with Gasteiger partial charge in [-0.3, -0.25) is 4.79 Å². The van der Waals surface area contributed by atoms with Crippen LogP contribution in [0.3, 0.4) is 0 Å². The molecule has 0 aliphatic heterocycles. The van der Waals surface area contributed by atoms with Gasteiger partial charge in [-0.1, -0.05) is 0 Å². The minimum absolute atomic E-state index is 0.0994. The van der Waals surface area contributed by atoms with Crippen LogP contribution in [0.5, 0.6) is 0 Å². The van der Waals surface area contributed by atoms with Gasteiger partial charge in [-0.05, 0) is 25.1 Å². The van der Waals surface area contributed by atoms with Crippen LogP contribution in [-0.2, 0) is 0 Å². The summed E-state index contributed by atoms with van der Waals surface area (Å²) in [4.78, 5) is 19.3. The summed E-state index contributed by atoms with van der Waals surface area (Å²) >= 11 is 0. The standard InChI is InChI=1S/C12H9F2N3O/c1-7-4-11(16-6-15-7)12(18)17-10-3-2-8(13)5-9(10)14/h2-6H,1H3,(H,17,18). The fourth-order valence-corrected chi connectivity index (χ4v) is 1.36. The molecule has 1 aromatic carbocycles. The molecule has 2 aromatic rings. The Kier molecular flexibility index (Phi) is 3.27. The van der Waals surface area contributed by atoms with Crippen LogP contribution in [0, 0.1) is 18.6 Å². The number of hydrogen-bond donors (Lipinski definition) is 1. The first-order valence-electron chi connectivity index (χ1n) is 5.11. The van der Waals surface area contributed by atoms with Crippen molar-refractivity contribution in [3.05, 3.63) is 53.6 Å². The van der Waals surface area contributed by atoms with E-state index in [1.165, 1.54) is 12.4 Å². The van der Waals surface area contributed by atoms with Gasteiger partial charge in [-0.25, -0.2) is 18.7 Å². The van der Waals surface area contributed by atoms with Crippen LogP contribution in [0.15, 0.2) is 30.6 Å². The van der Waals surface area contributed by atoms with E-state index < -0.39 is 17.5 Å². The van der Waals surface area contributed by atoms with Crippen molar-refractivity contribution in [2.24, 2.45) is 0 Å². The van der Waals surface area contributed by atoms with E-state index in [1.54, 1.807) is 6.92 Å². The van der Waals surface area contributed by atoms with Crippen LogP contribution < -0.4 is 5.32 Å². The zero-order chi connectivity index (χ0) is 13.1. The highest BCUT2D eigenvalue weighted by molar-refractivity contribution is 6.02. The summed E-state index contributed by atoms with van der Waals surface area (Å²) in [7, 11) is 0. The monoisotopic (exact) mass is 249 g/mol. The molecule has 0 aliphatic rings. The Morgan fingerprint density at radius 2 is 2.00 bits per heavy atom. The molecule has 0 aliphatic carbocycles. The lowest BCUT2D eigenvalue weighted by Gasteiger charge is -2.05. The normalized spacial score (nSPS) is 10.2. The Bertz CT molecular complexity index is 602. The molecule has 0 radical (unpaired) electrons. The summed E-state index contributed by atoms with van der Waals surface area (Å²) in [6.45, 7) is 1.71. The topological polar surface area (TPSA) is 54.9 Å². The number of nitrogens with zero attached hydrogens (tertiary/aromatic N) is 2. The maximum atomic E-state index is 13.3. The first kappa shape index (κ1) is 12.1. The number of aryl methyl sites for hydroxylation is 1. The van der Waals surface area contributed by atoms with E-state index in [0.717, 1.165) is 12.1 Å². The number of anilines is 1. The highest BCUT2D eigenvalue weighted by Crippen LogP contribution is 2.15. The first-order chi connectivity index (χ1) is 8.56. The number of halogens is 2. The Morgan fingerprint density at radius 3 is 2.67 bits per heavy atom. The smallest absolute Gasteiger partial charge is 0.274 e. The molecule has 0 unspecified atom stereocenters. The maximum absolute atomic E-state index is 13.3. The molecular formula is C12H9F2N3O. The van der Waals surface area contributed by atoms with E-state index in [4.69, 9.17) is 0 Å². The van der Waals surface area contributed by atoms with Crippen molar-refractivity contribution in [3.63, 3.8) is 0 Å². The Labute approximate surface area is 102 Å². The van der Waals surface area contributed by atoms with Gasteiger partial charge in [0, 0.05) is 11.8 Å². The van der Waals surface area contributed by atoms with E-state index in [0.29, 0.717) is 11.8 Å². The molecule has 4 nitrogen and oxygen atoms in total. The van der Waals surface area contributed by atoms with Crippen LogP contribution in [0.4, 0.5) is 14.5 Å². The molecule has 0 bridgehead atoms. The van der Waals surface area contributed by atoms with Gasteiger partial charge in [-0.2, -0.15) is 0 Å².